The lowest BCUT2D eigenvalue weighted by molar-refractivity contribution is -0.147. The highest BCUT2D eigenvalue weighted by molar-refractivity contribution is 7.80. The molecule has 2 fully saturated rings. The van der Waals surface area contributed by atoms with Crippen LogP contribution in [-0.4, -0.2) is 48.2 Å². The van der Waals surface area contributed by atoms with Gasteiger partial charge >= 0.3 is 5.97 Å². The van der Waals surface area contributed by atoms with Gasteiger partial charge in [-0.25, -0.2) is 0 Å². The van der Waals surface area contributed by atoms with Gasteiger partial charge in [-0.15, -0.1) is 0 Å². The zero-order valence-corrected chi connectivity index (χ0v) is 17.4. The maximum absolute atomic E-state index is 12.4. The predicted molar refractivity (Wildman–Crippen MR) is 113 cm³/mol. The molecule has 0 aromatic heterocycles. The second-order valence-electron chi connectivity index (χ2n) is 7.13. The first kappa shape index (κ1) is 21.1. The molecule has 7 nitrogen and oxygen atoms in total. The number of hydrogen-bond acceptors (Lipinski definition) is 5. The van der Waals surface area contributed by atoms with Crippen LogP contribution in [0.4, 0.5) is 0 Å². The summed E-state index contributed by atoms with van der Waals surface area (Å²) in [5.74, 6) is -0.355. The minimum absolute atomic E-state index is 0.0119. The van der Waals surface area contributed by atoms with E-state index in [1.165, 1.54) is 6.42 Å². The summed E-state index contributed by atoms with van der Waals surface area (Å²) in [4.78, 5) is 26.5. The van der Waals surface area contributed by atoms with E-state index in [1.807, 2.05) is 17.0 Å². The second kappa shape index (κ2) is 9.73. The molecular formula is C21H27N3O4S. The van der Waals surface area contributed by atoms with Gasteiger partial charge in [-0.1, -0.05) is 18.7 Å². The van der Waals surface area contributed by atoms with Crippen molar-refractivity contribution in [3.8, 4) is 5.75 Å². The molecule has 1 aromatic rings. The summed E-state index contributed by atoms with van der Waals surface area (Å²) in [6, 6.07) is 6.89. The molecule has 156 valence electrons. The van der Waals surface area contributed by atoms with Gasteiger partial charge in [-0.2, -0.15) is 0 Å². The SMILES string of the molecule is C=C1NC(=S)NC(c2ccc(OCC(=O)N3CCCCC3)cc2)C1C(=O)OCC. The number of benzene rings is 1. The number of nitrogens with one attached hydrogen (secondary N) is 2. The molecule has 0 spiro atoms. The third-order valence-electron chi connectivity index (χ3n) is 5.12. The quantitative estimate of drug-likeness (QED) is 0.543. The van der Waals surface area contributed by atoms with Crippen LogP contribution >= 0.6 is 12.2 Å². The normalized spacial score (nSPS) is 21.8. The first-order valence-electron chi connectivity index (χ1n) is 9.93. The summed E-state index contributed by atoms with van der Waals surface area (Å²) in [6.07, 6.45) is 3.29. The molecule has 2 aliphatic heterocycles. The summed E-state index contributed by atoms with van der Waals surface area (Å²) in [7, 11) is 0. The fourth-order valence-corrected chi connectivity index (χ4v) is 3.88. The lowest BCUT2D eigenvalue weighted by atomic mass is 9.89. The van der Waals surface area contributed by atoms with E-state index in [-0.39, 0.29) is 31.1 Å². The van der Waals surface area contributed by atoms with Crippen LogP contribution in [0.2, 0.25) is 0 Å². The van der Waals surface area contributed by atoms with Gasteiger partial charge < -0.3 is 25.0 Å². The fraction of sp³-hybridized carbons (Fsp3) is 0.476. The van der Waals surface area contributed by atoms with Gasteiger partial charge in [0.25, 0.3) is 5.91 Å². The number of likely N-dealkylation sites (tertiary alicyclic amines) is 1. The molecule has 2 atom stereocenters. The molecule has 2 saturated heterocycles. The first-order chi connectivity index (χ1) is 14.0. The van der Waals surface area contributed by atoms with Crippen molar-refractivity contribution in [1.82, 2.24) is 15.5 Å². The van der Waals surface area contributed by atoms with E-state index in [4.69, 9.17) is 21.7 Å². The van der Waals surface area contributed by atoms with Gasteiger partial charge in [0, 0.05) is 18.8 Å². The van der Waals surface area contributed by atoms with Crippen LogP contribution in [-0.2, 0) is 14.3 Å². The Morgan fingerprint density at radius 1 is 1.21 bits per heavy atom. The fourth-order valence-electron chi connectivity index (χ4n) is 3.62. The molecule has 2 aliphatic rings. The van der Waals surface area contributed by atoms with Crippen molar-refractivity contribution in [2.45, 2.75) is 32.2 Å². The Kier molecular flexibility index (Phi) is 7.09. The summed E-state index contributed by atoms with van der Waals surface area (Å²) >= 11 is 5.22. The van der Waals surface area contributed by atoms with Crippen LogP contribution < -0.4 is 15.4 Å². The van der Waals surface area contributed by atoms with Crippen LogP contribution in [0.15, 0.2) is 36.5 Å². The number of ether oxygens (including phenoxy) is 2. The zero-order chi connectivity index (χ0) is 20.8. The van der Waals surface area contributed by atoms with E-state index >= 15 is 0 Å². The van der Waals surface area contributed by atoms with Crippen LogP contribution in [0.25, 0.3) is 0 Å². The van der Waals surface area contributed by atoms with Gasteiger partial charge in [-0.3, -0.25) is 9.59 Å². The number of hydrogen-bond donors (Lipinski definition) is 2. The molecule has 0 aliphatic carbocycles. The topological polar surface area (TPSA) is 79.9 Å². The molecule has 3 rings (SSSR count). The maximum atomic E-state index is 12.4. The van der Waals surface area contributed by atoms with Crippen LogP contribution in [0.1, 0.15) is 37.8 Å². The minimum Gasteiger partial charge on any atom is -0.484 e. The minimum atomic E-state index is -0.603. The zero-order valence-electron chi connectivity index (χ0n) is 16.6. The largest absolute Gasteiger partial charge is 0.484 e. The molecule has 2 unspecified atom stereocenters. The molecule has 0 radical (unpaired) electrons. The maximum Gasteiger partial charge on any atom is 0.317 e. The summed E-state index contributed by atoms with van der Waals surface area (Å²) in [5, 5.41) is 6.43. The average molecular weight is 418 g/mol. The average Bonchev–Trinajstić information content (AvgIpc) is 2.72. The highest BCUT2D eigenvalue weighted by Gasteiger charge is 2.37. The molecule has 8 heteroatoms. The number of rotatable bonds is 6. The van der Waals surface area contributed by atoms with Crippen molar-refractivity contribution in [2.24, 2.45) is 5.92 Å². The van der Waals surface area contributed by atoms with Crippen LogP contribution in [0.5, 0.6) is 5.75 Å². The number of carbonyl (C=O) groups is 2. The number of amides is 1. The van der Waals surface area contributed by atoms with Crippen molar-refractivity contribution in [1.29, 1.82) is 0 Å². The molecule has 2 heterocycles. The lowest BCUT2D eigenvalue weighted by Crippen LogP contribution is -2.50. The van der Waals surface area contributed by atoms with Crippen molar-refractivity contribution < 1.29 is 19.1 Å². The Labute approximate surface area is 176 Å². The van der Waals surface area contributed by atoms with Crippen molar-refractivity contribution in [3.63, 3.8) is 0 Å². The number of carbonyl (C=O) groups excluding carboxylic acids is 2. The number of piperidine rings is 1. The lowest BCUT2D eigenvalue weighted by Gasteiger charge is -2.34. The van der Waals surface area contributed by atoms with E-state index in [0.717, 1.165) is 31.5 Å². The molecule has 1 aromatic carbocycles. The van der Waals surface area contributed by atoms with Gasteiger partial charge in [-0.05, 0) is 56.1 Å². The second-order valence-corrected chi connectivity index (χ2v) is 7.54. The van der Waals surface area contributed by atoms with E-state index < -0.39 is 5.92 Å². The third kappa shape index (κ3) is 5.26. The summed E-state index contributed by atoms with van der Waals surface area (Å²) < 4.78 is 10.9. The van der Waals surface area contributed by atoms with E-state index in [1.54, 1.807) is 19.1 Å². The van der Waals surface area contributed by atoms with Gasteiger partial charge in [0.15, 0.2) is 11.7 Å². The van der Waals surface area contributed by atoms with Crippen LogP contribution in [0.3, 0.4) is 0 Å². The molecule has 2 N–H and O–H groups in total. The Morgan fingerprint density at radius 3 is 2.55 bits per heavy atom. The molecule has 0 saturated carbocycles. The predicted octanol–water partition coefficient (Wildman–Crippen LogP) is 2.29. The Balaban J connectivity index is 1.65. The van der Waals surface area contributed by atoms with E-state index in [0.29, 0.717) is 16.6 Å². The van der Waals surface area contributed by atoms with Crippen LogP contribution in [0, 0.1) is 5.92 Å². The molecule has 29 heavy (non-hydrogen) atoms. The Morgan fingerprint density at radius 2 is 1.90 bits per heavy atom. The molecular weight excluding hydrogens is 390 g/mol. The first-order valence-corrected chi connectivity index (χ1v) is 10.3. The monoisotopic (exact) mass is 417 g/mol. The van der Waals surface area contributed by atoms with E-state index in [2.05, 4.69) is 17.2 Å². The molecule has 1 amide bonds. The van der Waals surface area contributed by atoms with Crippen molar-refractivity contribution in [3.05, 3.63) is 42.1 Å². The summed E-state index contributed by atoms with van der Waals surface area (Å²) in [5.41, 5.74) is 1.35. The molecule has 0 bridgehead atoms. The van der Waals surface area contributed by atoms with Gasteiger partial charge in [0.05, 0.1) is 12.6 Å². The van der Waals surface area contributed by atoms with Gasteiger partial charge in [0.1, 0.15) is 11.7 Å². The highest BCUT2D eigenvalue weighted by atomic mass is 32.1. The number of esters is 1. The van der Waals surface area contributed by atoms with Crippen molar-refractivity contribution in [2.75, 3.05) is 26.3 Å². The van der Waals surface area contributed by atoms with Crippen molar-refractivity contribution >= 4 is 29.2 Å². The smallest absolute Gasteiger partial charge is 0.317 e. The number of thiocarbonyl (C=S) groups is 1. The third-order valence-corrected chi connectivity index (χ3v) is 5.34. The number of nitrogens with zero attached hydrogens (tertiary/aromatic N) is 1. The van der Waals surface area contributed by atoms with E-state index in [9.17, 15) is 9.59 Å². The van der Waals surface area contributed by atoms with Gasteiger partial charge in [0.2, 0.25) is 0 Å². The highest BCUT2D eigenvalue weighted by Crippen LogP contribution is 2.31. The Hall–Kier alpha value is -2.61. The summed E-state index contributed by atoms with van der Waals surface area (Å²) in [6.45, 7) is 7.62. The Bertz CT molecular complexity index is 775. The standard InChI is InChI=1S/C21H27N3O4S/c1-3-27-20(26)18-14(2)22-21(29)23-19(18)15-7-9-16(10-8-15)28-13-17(25)24-11-5-4-6-12-24/h7-10,18-19H,2-6,11-13H2,1H3,(H2,22,23,29).